The maximum atomic E-state index is 5.88. The van der Waals surface area contributed by atoms with Gasteiger partial charge in [-0.25, -0.2) is 0 Å². The van der Waals surface area contributed by atoms with E-state index in [9.17, 15) is 0 Å². The van der Waals surface area contributed by atoms with Crippen LogP contribution in [-0.2, 0) is 11.3 Å². The Morgan fingerprint density at radius 3 is 2.86 bits per heavy atom. The summed E-state index contributed by atoms with van der Waals surface area (Å²) in [5, 5.41) is 10.7. The molecule has 7 heteroatoms. The van der Waals surface area contributed by atoms with E-state index in [0.717, 1.165) is 19.0 Å². The predicted molar refractivity (Wildman–Crippen MR) is 82.5 cm³/mol. The summed E-state index contributed by atoms with van der Waals surface area (Å²) in [7, 11) is 1.78. The highest BCUT2D eigenvalue weighted by molar-refractivity contribution is 5.80. The first-order valence-electron chi connectivity index (χ1n) is 8.06. The number of ether oxygens (including phenoxy) is 1. The molecule has 2 fully saturated rings. The van der Waals surface area contributed by atoms with Crippen molar-refractivity contribution in [3.63, 3.8) is 0 Å². The van der Waals surface area contributed by atoms with Gasteiger partial charge in [0, 0.05) is 32.0 Å². The predicted octanol–water partition coefficient (Wildman–Crippen LogP) is 1.39. The van der Waals surface area contributed by atoms with Gasteiger partial charge in [-0.3, -0.25) is 4.99 Å². The number of hydrogen-bond donors (Lipinski definition) is 2. The van der Waals surface area contributed by atoms with Gasteiger partial charge in [-0.15, -0.1) is 0 Å². The summed E-state index contributed by atoms with van der Waals surface area (Å²) < 4.78 is 10.8. The first-order valence-corrected chi connectivity index (χ1v) is 8.06. The summed E-state index contributed by atoms with van der Waals surface area (Å²) in [5.74, 6) is 2.00. The minimum atomic E-state index is 0.316. The number of nitrogens with one attached hydrogen (secondary N) is 2. The lowest BCUT2D eigenvalue weighted by Gasteiger charge is -2.61. The molecule has 2 aliphatic carbocycles. The molecular weight excluding hydrogens is 282 g/mol. The van der Waals surface area contributed by atoms with E-state index in [1.807, 2.05) is 0 Å². The highest BCUT2D eigenvalue weighted by Crippen LogP contribution is 2.57. The van der Waals surface area contributed by atoms with Gasteiger partial charge in [0.1, 0.15) is 0 Å². The maximum Gasteiger partial charge on any atom is 0.223 e. The van der Waals surface area contributed by atoms with Crippen molar-refractivity contribution in [2.75, 3.05) is 13.7 Å². The zero-order valence-electron chi connectivity index (χ0n) is 13.6. The Labute approximate surface area is 130 Å². The molecule has 122 valence electrons. The minimum Gasteiger partial charge on any atom is -0.378 e. The van der Waals surface area contributed by atoms with E-state index in [1.165, 1.54) is 19.3 Å². The average molecular weight is 307 g/mol. The first kappa shape index (κ1) is 15.3. The summed E-state index contributed by atoms with van der Waals surface area (Å²) >= 11 is 0. The molecule has 0 saturated heterocycles. The lowest BCUT2D eigenvalue weighted by Crippen LogP contribution is -2.68. The fraction of sp³-hybridized carbons (Fsp3) is 0.800. The average Bonchev–Trinajstić information content (AvgIpc) is 2.85. The summed E-state index contributed by atoms with van der Waals surface area (Å²) in [6, 6.07) is 0.441. The molecule has 2 atom stereocenters. The first-order chi connectivity index (χ1) is 10.7. The third-order valence-electron chi connectivity index (χ3n) is 4.96. The number of hydrogen-bond acceptors (Lipinski definition) is 5. The number of nitrogens with zero attached hydrogens (tertiary/aromatic N) is 3. The molecule has 1 aromatic rings. The van der Waals surface area contributed by atoms with Crippen LogP contribution in [0.3, 0.4) is 0 Å². The topological polar surface area (TPSA) is 84.6 Å². The molecule has 0 aromatic carbocycles. The van der Waals surface area contributed by atoms with E-state index in [-0.39, 0.29) is 0 Å². The van der Waals surface area contributed by atoms with Gasteiger partial charge < -0.3 is 19.9 Å². The van der Waals surface area contributed by atoms with Crippen LogP contribution in [0.1, 0.15) is 44.3 Å². The van der Waals surface area contributed by atoms with Crippen molar-refractivity contribution in [1.82, 2.24) is 20.8 Å². The summed E-state index contributed by atoms with van der Waals surface area (Å²) in [4.78, 5) is 8.47. The number of rotatable bonds is 5. The van der Waals surface area contributed by atoms with Gasteiger partial charge in [0.15, 0.2) is 11.8 Å². The number of aliphatic imine (C=N–C) groups is 1. The molecule has 1 heterocycles. The Morgan fingerprint density at radius 2 is 2.32 bits per heavy atom. The molecule has 1 spiro atoms. The lowest BCUT2D eigenvalue weighted by atomic mass is 9.51. The van der Waals surface area contributed by atoms with E-state index in [4.69, 9.17) is 9.26 Å². The highest BCUT2D eigenvalue weighted by atomic mass is 16.5. The van der Waals surface area contributed by atoms with Crippen LogP contribution in [0.15, 0.2) is 9.52 Å². The Kier molecular flexibility index (Phi) is 4.33. The van der Waals surface area contributed by atoms with Crippen LogP contribution < -0.4 is 10.6 Å². The second kappa shape index (κ2) is 6.24. The molecule has 2 saturated carbocycles. The van der Waals surface area contributed by atoms with E-state index in [2.05, 4.69) is 32.7 Å². The van der Waals surface area contributed by atoms with Gasteiger partial charge in [-0.2, -0.15) is 4.98 Å². The minimum absolute atomic E-state index is 0.316. The molecule has 0 radical (unpaired) electrons. The fourth-order valence-electron chi connectivity index (χ4n) is 3.58. The summed E-state index contributed by atoms with van der Waals surface area (Å²) in [5.41, 5.74) is 0.316. The Hall–Kier alpha value is -1.63. The molecule has 22 heavy (non-hydrogen) atoms. The molecule has 0 amide bonds. The molecule has 2 aliphatic rings. The number of aryl methyl sites for hydroxylation is 1. The van der Waals surface area contributed by atoms with Crippen molar-refractivity contribution >= 4 is 5.96 Å². The zero-order chi connectivity index (χ0) is 15.6. The Bertz CT molecular complexity index is 538. The molecule has 1 aromatic heterocycles. The van der Waals surface area contributed by atoms with Crippen LogP contribution in [0.4, 0.5) is 0 Å². The molecule has 2 unspecified atom stereocenters. The zero-order valence-corrected chi connectivity index (χ0v) is 13.6. The standard InChI is InChI=1S/C15H25N5O2/c1-4-21-12-8-11(15(12)6-5-7-15)19-14(16-3)17-9-13-18-10(2)22-20-13/h11-12H,4-9H2,1-3H3,(H2,16,17,19). The van der Waals surface area contributed by atoms with E-state index >= 15 is 0 Å². The second-order valence-corrected chi connectivity index (χ2v) is 6.12. The molecule has 7 nitrogen and oxygen atoms in total. The van der Waals surface area contributed by atoms with Crippen LogP contribution in [0, 0.1) is 12.3 Å². The van der Waals surface area contributed by atoms with E-state index < -0.39 is 0 Å². The van der Waals surface area contributed by atoms with Crippen LogP contribution in [0.25, 0.3) is 0 Å². The highest BCUT2D eigenvalue weighted by Gasteiger charge is 2.59. The van der Waals surface area contributed by atoms with Crippen LogP contribution in [0.5, 0.6) is 0 Å². The summed E-state index contributed by atoms with van der Waals surface area (Å²) in [6.45, 7) is 5.15. The second-order valence-electron chi connectivity index (χ2n) is 6.12. The summed E-state index contributed by atoms with van der Waals surface area (Å²) in [6.07, 6.45) is 5.25. The van der Waals surface area contributed by atoms with Gasteiger partial charge in [0.25, 0.3) is 0 Å². The third-order valence-corrected chi connectivity index (χ3v) is 4.96. The van der Waals surface area contributed by atoms with Crippen molar-refractivity contribution in [1.29, 1.82) is 0 Å². The fourth-order valence-corrected chi connectivity index (χ4v) is 3.58. The van der Waals surface area contributed by atoms with Crippen molar-refractivity contribution in [3.05, 3.63) is 11.7 Å². The monoisotopic (exact) mass is 307 g/mol. The van der Waals surface area contributed by atoms with Crippen molar-refractivity contribution in [2.24, 2.45) is 10.4 Å². The van der Waals surface area contributed by atoms with Crippen molar-refractivity contribution in [3.8, 4) is 0 Å². The van der Waals surface area contributed by atoms with Crippen LogP contribution in [-0.4, -0.2) is 41.9 Å². The molecule has 0 aliphatic heterocycles. The number of aromatic nitrogens is 2. The third kappa shape index (κ3) is 2.69. The van der Waals surface area contributed by atoms with E-state index in [0.29, 0.717) is 35.8 Å². The van der Waals surface area contributed by atoms with Gasteiger partial charge in [-0.1, -0.05) is 11.6 Å². The molecule has 3 rings (SSSR count). The Balaban J connectivity index is 1.53. The van der Waals surface area contributed by atoms with Crippen molar-refractivity contribution in [2.45, 2.75) is 58.2 Å². The van der Waals surface area contributed by atoms with Gasteiger partial charge >= 0.3 is 0 Å². The Morgan fingerprint density at radius 1 is 1.50 bits per heavy atom. The van der Waals surface area contributed by atoms with Gasteiger partial charge in [0.2, 0.25) is 5.89 Å². The molecule has 0 bridgehead atoms. The SMILES string of the molecule is CCOC1CC(NC(=NC)NCc2noc(C)n2)C12CCC2. The molecule has 2 N–H and O–H groups in total. The van der Waals surface area contributed by atoms with Crippen LogP contribution >= 0.6 is 0 Å². The van der Waals surface area contributed by atoms with Gasteiger partial charge in [0.05, 0.1) is 12.6 Å². The number of guanidine groups is 1. The quantitative estimate of drug-likeness (QED) is 0.632. The maximum absolute atomic E-state index is 5.88. The smallest absolute Gasteiger partial charge is 0.223 e. The lowest BCUT2D eigenvalue weighted by molar-refractivity contribution is -0.168. The molecular formula is C15H25N5O2. The largest absolute Gasteiger partial charge is 0.378 e. The van der Waals surface area contributed by atoms with E-state index in [1.54, 1.807) is 14.0 Å². The van der Waals surface area contributed by atoms with Gasteiger partial charge in [-0.05, 0) is 26.2 Å². The van der Waals surface area contributed by atoms with Crippen LogP contribution in [0.2, 0.25) is 0 Å². The van der Waals surface area contributed by atoms with Crippen molar-refractivity contribution < 1.29 is 9.26 Å². The normalized spacial score (nSPS) is 26.4.